The van der Waals surface area contributed by atoms with Gasteiger partial charge >= 0.3 is 0 Å². The van der Waals surface area contributed by atoms with Crippen LogP contribution in [0.4, 0.5) is 5.69 Å². The van der Waals surface area contributed by atoms with Crippen LogP contribution in [0.3, 0.4) is 0 Å². The zero-order valence-corrected chi connectivity index (χ0v) is 10.7. The van der Waals surface area contributed by atoms with Crippen molar-refractivity contribution in [2.24, 2.45) is 0 Å². The highest BCUT2D eigenvalue weighted by atomic mass is 35.5. The molecular formula is C12H9ClN2OS. The molecule has 0 unspecified atom stereocenters. The second kappa shape index (κ2) is 4.82. The Balaban J connectivity index is 2.49. The Morgan fingerprint density at radius 3 is 2.82 bits per heavy atom. The summed E-state index contributed by atoms with van der Waals surface area (Å²) >= 11 is 6.92. The van der Waals surface area contributed by atoms with E-state index in [4.69, 9.17) is 16.9 Å². The van der Waals surface area contributed by atoms with Gasteiger partial charge in [-0.25, -0.2) is 0 Å². The Labute approximate surface area is 109 Å². The number of rotatable bonds is 2. The van der Waals surface area contributed by atoms with Crippen LogP contribution in [0, 0.1) is 11.3 Å². The summed E-state index contributed by atoms with van der Waals surface area (Å²) in [5.74, 6) is -0.506. The standard InChI is InChI=1S/C12H9ClN2OS/c1-15-9-4-2-3-5-11(9)17-12(15)8(7-14)10(16)6-13/h2-5H,6H2,1H3. The fourth-order valence-electron chi connectivity index (χ4n) is 1.62. The van der Waals surface area contributed by atoms with Crippen LogP contribution < -0.4 is 4.90 Å². The first-order valence-corrected chi connectivity index (χ1v) is 6.28. The van der Waals surface area contributed by atoms with Crippen molar-refractivity contribution in [3.05, 3.63) is 34.9 Å². The predicted molar refractivity (Wildman–Crippen MR) is 69.1 cm³/mol. The summed E-state index contributed by atoms with van der Waals surface area (Å²) in [6.45, 7) is 0. The van der Waals surface area contributed by atoms with Crippen molar-refractivity contribution < 1.29 is 4.79 Å². The number of para-hydroxylation sites is 1. The molecule has 0 atom stereocenters. The number of allylic oxidation sites excluding steroid dienone is 1. The number of halogens is 1. The molecule has 0 aliphatic carbocycles. The van der Waals surface area contributed by atoms with Gasteiger partial charge in [-0.15, -0.1) is 11.6 Å². The number of Topliss-reactive ketones (excluding diaryl/α,β-unsaturated/α-hetero) is 1. The van der Waals surface area contributed by atoms with Crippen LogP contribution >= 0.6 is 23.4 Å². The number of ketones is 1. The lowest BCUT2D eigenvalue weighted by molar-refractivity contribution is -0.113. The van der Waals surface area contributed by atoms with Gasteiger partial charge in [-0.1, -0.05) is 23.9 Å². The van der Waals surface area contributed by atoms with Crippen molar-refractivity contribution in [3.8, 4) is 6.07 Å². The van der Waals surface area contributed by atoms with Gasteiger partial charge in [0.05, 0.1) is 11.6 Å². The van der Waals surface area contributed by atoms with Gasteiger partial charge in [0.1, 0.15) is 16.7 Å². The van der Waals surface area contributed by atoms with E-state index in [0.717, 1.165) is 10.6 Å². The average Bonchev–Trinajstić information content (AvgIpc) is 2.68. The number of carbonyl (C=O) groups is 1. The number of anilines is 1. The van der Waals surface area contributed by atoms with Crippen LogP contribution in [0.15, 0.2) is 39.8 Å². The fraction of sp³-hybridized carbons (Fsp3) is 0.167. The van der Waals surface area contributed by atoms with E-state index < -0.39 is 0 Å². The number of hydrogen-bond donors (Lipinski definition) is 0. The molecule has 5 heteroatoms. The van der Waals surface area contributed by atoms with E-state index in [1.807, 2.05) is 42.3 Å². The highest BCUT2D eigenvalue weighted by Crippen LogP contribution is 2.45. The lowest BCUT2D eigenvalue weighted by atomic mass is 10.2. The van der Waals surface area contributed by atoms with Crippen molar-refractivity contribution in [2.45, 2.75) is 4.90 Å². The molecule has 3 nitrogen and oxygen atoms in total. The molecule has 86 valence electrons. The van der Waals surface area contributed by atoms with Gasteiger partial charge in [0.25, 0.3) is 0 Å². The van der Waals surface area contributed by atoms with E-state index in [1.54, 1.807) is 0 Å². The third kappa shape index (κ3) is 2.04. The van der Waals surface area contributed by atoms with Crippen LogP contribution in [0.1, 0.15) is 0 Å². The fourth-order valence-corrected chi connectivity index (χ4v) is 2.91. The quantitative estimate of drug-likeness (QED) is 0.468. The summed E-state index contributed by atoms with van der Waals surface area (Å²) in [6.07, 6.45) is 0. The summed E-state index contributed by atoms with van der Waals surface area (Å²) in [5.41, 5.74) is 1.13. The van der Waals surface area contributed by atoms with Gasteiger partial charge in [0.15, 0.2) is 5.78 Å². The van der Waals surface area contributed by atoms with E-state index in [0.29, 0.717) is 5.03 Å². The number of benzene rings is 1. The summed E-state index contributed by atoms with van der Waals surface area (Å²) in [5, 5.41) is 9.71. The first-order chi connectivity index (χ1) is 8.19. The number of fused-ring (bicyclic) bond motifs is 1. The van der Waals surface area contributed by atoms with Gasteiger partial charge in [-0.05, 0) is 12.1 Å². The average molecular weight is 265 g/mol. The van der Waals surface area contributed by atoms with Crippen molar-refractivity contribution in [2.75, 3.05) is 17.8 Å². The normalized spacial score (nSPS) is 16.4. The predicted octanol–water partition coefficient (Wildman–Crippen LogP) is 2.77. The van der Waals surface area contributed by atoms with Gasteiger partial charge in [0, 0.05) is 11.9 Å². The molecule has 0 amide bonds. The molecule has 1 aromatic carbocycles. The SMILES string of the molecule is CN1C(=C(C#N)C(=O)CCl)Sc2ccccc21. The van der Waals surface area contributed by atoms with Crippen molar-refractivity contribution >= 4 is 34.8 Å². The number of hydrogen-bond acceptors (Lipinski definition) is 4. The molecule has 0 N–H and O–H groups in total. The second-order valence-corrected chi connectivity index (χ2v) is 4.78. The largest absolute Gasteiger partial charge is 0.337 e. The Morgan fingerprint density at radius 2 is 2.24 bits per heavy atom. The molecule has 0 bridgehead atoms. The van der Waals surface area contributed by atoms with Gasteiger partial charge < -0.3 is 4.90 Å². The molecule has 0 spiro atoms. The summed E-state index contributed by atoms with van der Waals surface area (Å²) in [7, 11) is 1.84. The Hall–Kier alpha value is -1.44. The topological polar surface area (TPSA) is 44.1 Å². The Kier molecular flexibility index (Phi) is 3.41. The number of nitriles is 1. The van der Waals surface area contributed by atoms with Crippen molar-refractivity contribution in [1.29, 1.82) is 5.26 Å². The Morgan fingerprint density at radius 1 is 1.53 bits per heavy atom. The number of nitrogens with zero attached hydrogens (tertiary/aromatic N) is 2. The number of alkyl halides is 1. The minimum Gasteiger partial charge on any atom is -0.337 e. The molecule has 1 heterocycles. The van der Waals surface area contributed by atoms with Crippen LogP contribution in [-0.2, 0) is 4.79 Å². The highest BCUT2D eigenvalue weighted by Gasteiger charge is 2.27. The van der Waals surface area contributed by atoms with Crippen molar-refractivity contribution in [1.82, 2.24) is 0 Å². The molecular weight excluding hydrogens is 256 g/mol. The summed E-state index contributed by atoms with van der Waals surface area (Å²) < 4.78 is 0. The van der Waals surface area contributed by atoms with Crippen LogP contribution in [0.25, 0.3) is 0 Å². The molecule has 2 rings (SSSR count). The van der Waals surface area contributed by atoms with Gasteiger partial charge in [-0.2, -0.15) is 5.26 Å². The number of thioether (sulfide) groups is 1. The first-order valence-electron chi connectivity index (χ1n) is 4.93. The lowest BCUT2D eigenvalue weighted by Gasteiger charge is -2.14. The molecule has 1 aromatic rings. The maximum Gasteiger partial charge on any atom is 0.190 e. The van der Waals surface area contributed by atoms with E-state index in [9.17, 15) is 4.79 Å². The third-order valence-corrected chi connectivity index (χ3v) is 3.94. The molecule has 1 aliphatic rings. The van der Waals surface area contributed by atoms with Crippen LogP contribution in [0.5, 0.6) is 0 Å². The molecule has 1 aliphatic heterocycles. The first kappa shape index (κ1) is 12.0. The summed E-state index contributed by atoms with van der Waals surface area (Å²) in [6, 6.07) is 9.71. The smallest absolute Gasteiger partial charge is 0.190 e. The van der Waals surface area contributed by atoms with E-state index in [2.05, 4.69) is 0 Å². The molecule has 0 saturated heterocycles. The zero-order valence-electron chi connectivity index (χ0n) is 9.11. The van der Waals surface area contributed by atoms with Gasteiger partial charge in [-0.3, -0.25) is 4.79 Å². The van der Waals surface area contributed by atoms with Crippen LogP contribution in [-0.4, -0.2) is 18.7 Å². The molecule has 0 saturated carbocycles. The van der Waals surface area contributed by atoms with E-state index in [-0.39, 0.29) is 17.2 Å². The summed E-state index contributed by atoms with van der Waals surface area (Å²) in [4.78, 5) is 14.5. The second-order valence-electron chi connectivity index (χ2n) is 3.48. The van der Waals surface area contributed by atoms with Crippen molar-refractivity contribution in [3.63, 3.8) is 0 Å². The Bertz CT molecular complexity index is 548. The van der Waals surface area contributed by atoms with Crippen LogP contribution in [0.2, 0.25) is 0 Å². The molecule has 0 fully saturated rings. The monoisotopic (exact) mass is 264 g/mol. The number of carbonyl (C=O) groups excluding carboxylic acids is 1. The van der Waals surface area contributed by atoms with E-state index in [1.165, 1.54) is 11.8 Å². The molecule has 17 heavy (non-hydrogen) atoms. The minimum absolute atomic E-state index is 0.128. The highest BCUT2D eigenvalue weighted by molar-refractivity contribution is 8.03. The lowest BCUT2D eigenvalue weighted by Crippen LogP contribution is -2.15. The maximum atomic E-state index is 11.6. The minimum atomic E-state index is -0.337. The maximum absolute atomic E-state index is 11.6. The molecule has 0 aromatic heterocycles. The van der Waals surface area contributed by atoms with Gasteiger partial charge in [0.2, 0.25) is 0 Å². The molecule has 0 radical (unpaired) electrons. The third-order valence-electron chi connectivity index (χ3n) is 2.46. The van der Waals surface area contributed by atoms with E-state index >= 15 is 0 Å². The zero-order chi connectivity index (χ0) is 12.4.